The minimum absolute atomic E-state index is 0.219. The minimum atomic E-state index is -2.41. The average molecular weight is 337 g/mol. The van der Waals surface area contributed by atoms with Crippen LogP contribution in [0.4, 0.5) is 0 Å². The molecule has 0 heterocycles. The van der Waals surface area contributed by atoms with Gasteiger partial charge in [-0.25, -0.2) is 0 Å². The van der Waals surface area contributed by atoms with Crippen LogP contribution in [-0.2, 0) is 8.54 Å². The van der Waals surface area contributed by atoms with Crippen molar-refractivity contribution in [3.8, 4) is 0 Å². The average Bonchev–Trinajstić information content (AvgIpc) is 2.40. The standard InChI is InChI=1S/C15H36O4Si2/c1-6-7-8-9-10-11-12-21(18-2,14-15(17)13-16)19-20(3,4)5/h15-17H,6-14H2,1-5H3. The van der Waals surface area contributed by atoms with Crippen LogP contribution < -0.4 is 0 Å². The van der Waals surface area contributed by atoms with E-state index in [0.717, 1.165) is 12.5 Å². The van der Waals surface area contributed by atoms with E-state index < -0.39 is 23.0 Å². The highest BCUT2D eigenvalue weighted by Crippen LogP contribution is 2.27. The number of aliphatic hydroxyl groups excluding tert-OH is 2. The molecule has 0 aromatic carbocycles. The number of hydrogen-bond donors (Lipinski definition) is 2. The summed E-state index contributed by atoms with van der Waals surface area (Å²) in [7, 11) is -2.43. The Balaban J connectivity index is 4.48. The predicted molar refractivity (Wildman–Crippen MR) is 93.3 cm³/mol. The third-order valence-electron chi connectivity index (χ3n) is 3.53. The van der Waals surface area contributed by atoms with Crippen LogP contribution in [0.2, 0.25) is 31.7 Å². The van der Waals surface area contributed by atoms with E-state index in [1.807, 2.05) is 0 Å². The summed E-state index contributed by atoms with van der Waals surface area (Å²) in [6.45, 7) is 8.46. The molecule has 2 N–H and O–H groups in total. The Labute approximate surface area is 133 Å². The number of aliphatic hydroxyl groups is 2. The minimum Gasteiger partial charge on any atom is -0.436 e. The zero-order valence-corrected chi connectivity index (χ0v) is 16.7. The Morgan fingerprint density at radius 1 is 1.00 bits per heavy atom. The zero-order chi connectivity index (χ0) is 16.4. The SMILES string of the molecule is CCCCCCCC[Si](CC(O)CO)(OC)O[Si](C)(C)C. The Morgan fingerprint density at radius 2 is 1.57 bits per heavy atom. The van der Waals surface area contributed by atoms with Gasteiger partial charge in [0.15, 0.2) is 8.32 Å². The maximum absolute atomic E-state index is 9.83. The highest BCUT2D eigenvalue weighted by molar-refractivity contribution is 6.82. The lowest BCUT2D eigenvalue weighted by atomic mass is 10.1. The molecule has 0 fully saturated rings. The topological polar surface area (TPSA) is 58.9 Å². The number of unbranched alkanes of at least 4 members (excludes halogenated alkanes) is 5. The van der Waals surface area contributed by atoms with E-state index in [1.54, 1.807) is 7.11 Å². The fourth-order valence-electron chi connectivity index (χ4n) is 2.58. The molecular weight excluding hydrogens is 300 g/mol. The predicted octanol–water partition coefficient (Wildman–Crippen LogP) is 3.64. The fourth-order valence-corrected chi connectivity index (χ4v) is 10.3. The summed E-state index contributed by atoms with van der Waals surface area (Å²) in [6.07, 6.45) is 6.69. The van der Waals surface area contributed by atoms with Gasteiger partial charge in [0.2, 0.25) is 0 Å². The van der Waals surface area contributed by atoms with Crippen LogP contribution in [0.15, 0.2) is 0 Å². The molecule has 2 atom stereocenters. The van der Waals surface area contributed by atoms with Crippen LogP contribution >= 0.6 is 0 Å². The van der Waals surface area contributed by atoms with Crippen molar-refractivity contribution in [2.75, 3.05) is 13.7 Å². The molecule has 0 amide bonds. The summed E-state index contributed by atoms with van der Waals surface area (Å²) >= 11 is 0. The first-order valence-electron chi connectivity index (χ1n) is 8.33. The van der Waals surface area contributed by atoms with Crippen molar-refractivity contribution in [3.63, 3.8) is 0 Å². The molecule has 0 saturated heterocycles. The highest BCUT2D eigenvalue weighted by Gasteiger charge is 2.41. The van der Waals surface area contributed by atoms with Gasteiger partial charge in [-0.05, 0) is 25.7 Å². The van der Waals surface area contributed by atoms with Gasteiger partial charge in [-0.2, -0.15) is 0 Å². The molecule has 21 heavy (non-hydrogen) atoms. The van der Waals surface area contributed by atoms with Crippen molar-refractivity contribution in [1.29, 1.82) is 0 Å². The monoisotopic (exact) mass is 336 g/mol. The molecule has 0 radical (unpaired) electrons. The fraction of sp³-hybridized carbons (Fsp3) is 1.00. The Kier molecular flexibility index (Phi) is 11.1. The first kappa shape index (κ1) is 21.3. The Hall–Kier alpha value is 0.274. The molecule has 0 aromatic heterocycles. The van der Waals surface area contributed by atoms with E-state index >= 15 is 0 Å². The van der Waals surface area contributed by atoms with Crippen LogP contribution in [0.25, 0.3) is 0 Å². The second kappa shape index (κ2) is 10.9. The molecule has 0 saturated carbocycles. The summed E-state index contributed by atoms with van der Waals surface area (Å²) in [5.74, 6) is 0. The number of hydrogen-bond acceptors (Lipinski definition) is 4. The van der Waals surface area contributed by atoms with Crippen molar-refractivity contribution >= 4 is 16.9 Å². The van der Waals surface area contributed by atoms with Gasteiger partial charge >= 0.3 is 8.56 Å². The second-order valence-electron chi connectivity index (χ2n) is 6.89. The van der Waals surface area contributed by atoms with Crippen LogP contribution in [0.1, 0.15) is 45.4 Å². The molecule has 0 aliphatic rings. The van der Waals surface area contributed by atoms with Crippen molar-refractivity contribution < 1.29 is 18.8 Å². The van der Waals surface area contributed by atoms with E-state index in [0.29, 0.717) is 6.04 Å². The first-order chi connectivity index (χ1) is 9.78. The van der Waals surface area contributed by atoms with Gasteiger partial charge in [-0.1, -0.05) is 45.4 Å². The summed E-state index contributed by atoms with van der Waals surface area (Å²) in [4.78, 5) is 0. The second-order valence-corrected chi connectivity index (χ2v) is 15.1. The van der Waals surface area contributed by atoms with Crippen LogP contribution in [0.3, 0.4) is 0 Å². The molecule has 4 nitrogen and oxygen atoms in total. The first-order valence-corrected chi connectivity index (χ1v) is 14.0. The van der Waals surface area contributed by atoms with E-state index in [-0.39, 0.29) is 6.61 Å². The molecule has 0 rings (SSSR count). The maximum atomic E-state index is 9.83. The molecule has 2 unspecified atom stereocenters. The van der Waals surface area contributed by atoms with Crippen molar-refractivity contribution in [1.82, 2.24) is 0 Å². The van der Waals surface area contributed by atoms with Crippen molar-refractivity contribution in [2.45, 2.75) is 83.3 Å². The third kappa shape index (κ3) is 10.6. The van der Waals surface area contributed by atoms with E-state index in [1.165, 1.54) is 32.1 Å². The highest BCUT2D eigenvalue weighted by atomic mass is 28.4. The van der Waals surface area contributed by atoms with Gasteiger partial charge in [-0.15, -0.1) is 0 Å². The van der Waals surface area contributed by atoms with Crippen LogP contribution in [0, 0.1) is 0 Å². The quantitative estimate of drug-likeness (QED) is 0.398. The van der Waals surface area contributed by atoms with Gasteiger partial charge in [0.25, 0.3) is 0 Å². The molecular formula is C15H36O4Si2. The lowest BCUT2D eigenvalue weighted by Gasteiger charge is -2.36. The molecule has 0 aliphatic heterocycles. The van der Waals surface area contributed by atoms with Gasteiger partial charge in [-0.3, -0.25) is 0 Å². The Bertz CT molecular complexity index is 259. The van der Waals surface area contributed by atoms with Crippen molar-refractivity contribution in [3.05, 3.63) is 0 Å². The number of rotatable bonds is 13. The summed E-state index contributed by atoms with van der Waals surface area (Å²) in [5.41, 5.74) is 0. The van der Waals surface area contributed by atoms with Crippen LogP contribution in [-0.4, -0.2) is 46.9 Å². The summed E-state index contributed by atoms with van der Waals surface area (Å²) < 4.78 is 12.2. The van der Waals surface area contributed by atoms with Gasteiger partial charge < -0.3 is 18.8 Å². The van der Waals surface area contributed by atoms with Gasteiger partial charge in [0.05, 0.1) is 12.7 Å². The molecule has 0 aliphatic carbocycles. The smallest absolute Gasteiger partial charge is 0.330 e. The van der Waals surface area contributed by atoms with Gasteiger partial charge in [0.1, 0.15) is 0 Å². The van der Waals surface area contributed by atoms with Crippen LogP contribution in [0.5, 0.6) is 0 Å². The molecule has 128 valence electrons. The normalized spacial score (nSPS) is 16.7. The summed E-state index contributed by atoms with van der Waals surface area (Å²) in [5, 5.41) is 19.0. The lowest BCUT2D eigenvalue weighted by molar-refractivity contribution is 0.0998. The molecule has 0 bridgehead atoms. The zero-order valence-electron chi connectivity index (χ0n) is 14.7. The largest absolute Gasteiger partial charge is 0.436 e. The van der Waals surface area contributed by atoms with E-state index in [2.05, 4.69) is 26.6 Å². The van der Waals surface area contributed by atoms with E-state index in [4.69, 9.17) is 13.6 Å². The third-order valence-corrected chi connectivity index (χ3v) is 10.4. The summed E-state index contributed by atoms with van der Waals surface area (Å²) in [6, 6.07) is 1.39. The molecule has 0 spiro atoms. The van der Waals surface area contributed by atoms with E-state index in [9.17, 15) is 5.11 Å². The van der Waals surface area contributed by atoms with Crippen molar-refractivity contribution in [2.24, 2.45) is 0 Å². The van der Waals surface area contributed by atoms with Gasteiger partial charge in [0, 0.05) is 13.2 Å². The lowest BCUT2D eigenvalue weighted by Crippen LogP contribution is -2.51. The molecule has 0 aromatic rings. The molecule has 6 heteroatoms. The Morgan fingerprint density at radius 3 is 2.05 bits per heavy atom. The maximum Gasteiger partial charge on any atom is 0.330 e.